The van der Waals surface area contributed by atoms with Gasteiger partial charge in [0, 0.05) is 17.6 Å². The van der Waals surface area contributed by atoms with Crippen molar-refractivity contribution in [3.05, 3.63) is 72.3 Å². The first kappa shape index (κ1) is 25.1. The predicted octanol–water partition coefficient (Wildman–Crippen LogP) is 2.52. The molecule has 0 bridgehead atoms. The van der Waals surface area contributed by atoms with Gasteiger partial charge in [0.05, 0.1) is 16.8 Å². The molecule has 0 aliphatic carbocycles. The Hall–Kier alpha value is -3.58. The van der Waals surface area contributed by atoms with Gasteiger partial charge in [-0.3, -0.25) is 9.10 Å². The van der Waals surface area contributed by atoms with Gasteiger partial charge in [0.1, 0.15) is 11.9 Å². The van der Waals surface area contributed by atoms with Crippen LogP contribution in [-0.4, -0.2) is 45.0 Å². The Morgan fingerprint density at radius 2 is 1.62 bits per heavy atom. The monoisotopic (exact) mass is 507 g/mol. The molecule has 2 aromatic carbocycles. The Balaban J connectivity index is 1.76. The van der Waals surface area contributed by atoms with Gasteiger partial charge in [-0.2, -0.15) is 0 Å². The first-order valence-electron chi connectivity index (χ1n) is 9.85. The van der Waals surface area contributed by atoms with Crippen molar-refractivity contribution in [2.24, 2.45) is 0 Å². The van der Waals surface area contributed by atoms with Gasteiger partial charge in [-0.1, -0.05) is 0 Å². The summed E-state index contributed by atoms with van der Waals surface area (Å²) in [6, 6.07) is 10.4. The number of hydrogen-bond acceptors (Lipinski definition) is 7. The van der Waals surface area contributed by atoms with Crippen LogP contribution in [0.2, 0.25) is 0 Å². The summed E-state index contributed by atoms with van der Waals surface area (Å²) in [7, 11) is -7.85. The first-order chi connectivity index (χ1) is 15.9. The molecule has 1 amide bonds. The highest BCUT2D eigenvalue weighted by Crippen LogP contribution is 2.22. The van der Waals surface area contributed by atoms with Crippen molar-refractivity contribution in [2.45, 2.75) is 24.8 Å². The van der Waals surface area contributed by atoms with Crippen molar-refractivity contribution in [3.8, 4) is 0 Å². The standard InChI is InChI=1S/C21H22FN5O5S2/c1-14-12-13-23-21(24-14)26-34(31,32)19-10-6-17(7-11-19)25-20(28)15(2)27(33(3,29)30)18-8-4-16(22)5-9-18/h4-13,15H,1-3H3,(H,25,28)(H,23,24,26). The van der Waals surface area contributed by atoms with Crippen LogP contribution in [0.25, 0.3) is 0 Å². The van der Waals surface area contributed by atoms with Crippen LogP contribution in [0.3, 0.4) is 0 Å². The zero-order valence-electron chi connectivity index (χ0n) is 18.4. The summed E-state index contributed by atoms with van der Waals surface area (Å²) in [6.45, 7) is 3.07. The minimum absolute atomic E-state index is 0.0761. The number of benzene rings is 2. The largest absolute Gasteiger partial charge is 0.324 e. The third-order valence-corrected chi connectivity index (χ3v) is 7.21. The van der Waals surface area contributed by atoms with Crippen LogP contribution in [0, 0.1) is 12.7 Å². The number of nitrogens with zero attached hydrogens (tertiary/aromatic N) is 3. The summed E-state index contributed by atoms with van der Waals surface area (Å²) in [6.07, 6.45) is 2.36. The molecule has 0 spiro atoms. The van der Waals surface area contributed by atoms with E-state index >= 15 is 0 Å². The number of anilines is 3. The minimum Gasteiger partial charge on any atom is -0.324 e. The molecule has 2 N–H and O–H groups in total. The van der Waals surface area contributed by atoms with Crippen LogP contribution >= 0.6 is 0 Å². The summed E-state index contributed by atoms with van der Waals surface area (Å²) >= 11 is 0. The molecule has 3 aromatic rings. The fourth-order valence-electron chi connectivity index (χ4n) is 3.04. The van der Waals surface area contributed by atoms with Gasteiger partial charge < -0.3 is 5.32 Å². The van der Waals surface area contributed by atoms with Crippen molar-refractivity contribution in [2.75, 3.05) is 20.6 Å². The summed E-state index contributed by atoms with van der Waals surface area (Å²) < 4.78 is 66.1. The molecule has 0 saturated heterocycles. The average molecular weight is 508 g/mol. The van der Waals surface area contributed by atoms with E-state index < -0.39 is 37.8 Å². The maximum Gasteiger partial charge on any atom is 0.264 e. The molecule has 1 atom stereocenters. The number of carbonyl (C=O) groups is 1. The van der Waals surface area contributed by atoms with Gasteiger partial charge in [0.15, 0.2) is 0 Å². The van der Waals surface area contributed by atoms with Gasteiger partial charge in [0.25, 0.3) is 10.0 Å². The third kappa shape index (κ3) is 6.05. The SMILES string of the molecule is Cc1ccnc(NS(=O)(=O)c2ccc(NC(=O)C(C)N(c3ccc(F)cc3)S(C)(=O)=O)cc2)n1. The van der Waals surface area contributed by atoms with Crippen LogP contribution in [-0.2, 0) is 24.8 Å². The van der Waals surface area contributed by atoms with Gasteiger partial charge in [0.2, 0.25) is 21.9 Å². The van der Waals surface area contributed by atoms with Crippen LogP contribution in [0.4, 0.5) is 21.7 Å². The van der Waals surface area contributed by atoms with E-state index in [0.29, 0.717) is 5.69 Å². The first-order valence-corrected chi connectivity index (χ1v) is 13.2. The third-order valence-electron chi connectivity index (χ3n) is 4.62. The van der Waals surface area contributed by atoms with E-state index in [1.807, 2.05) is 0 Å². The number of hydrogen-bond donors (Lipinski definition) is 2. The van der Waals surface area contributed by atoms with Crippen molar-refractivity contribution >= 4 is 43.3 Å². The number of rotatable bonds is 8. The number of aromatic nitrogens is 2. The molecule has 3 rings (SSSR count). The molecule has 13 heteroatoms. The van der Waals surface area contributed by atoms with Crippen molar-refractivity contribution < 1.29 is 26.0 Å². The number of nitrogens with one attached hydrogen (secondary N) is 2. The van der Waals surface area contributed by atoms with Crippen molar-refractivity contribution in [1.29, 1.82) is 0 Å². The quantitative estimate of drug-likeness (QED) is 0.478. The number of amides is 1. The van der Waals surface area contributed by atoms with Crippen molar-refractivity contribution in [1.82, 2.24) is 9.97 Å². The summed E-state index contributed by atoms with van der Waals surface area (Å²) in [4.78, 5) is 20.5. The minimum atomic E-state index is -3.97. The molecule has 1 heterocycles. The lowest BCUT2D eigenvalue weighted by Gasteiger charge is -2.28. The van der Waals surface area contributed by atoms with Gasteiger partial charge in [-0.15, -0.1) is 0 Å². The smallest absolute Gasteiger partial charge is 0.264 e. The van der Waals surface area contributed by atoms with Crippen LogP contribution in [0.5, 0.6) is 0 Å². The molecule has 180 valence electrons. The Labute approximate surface area is 197 Å². The number of aryl methyl sites for hydroxylation is 1. The van der Waals surface area contributed by atoms with E-state index in [1.165, 1.54) is 49.5 Å². The molecule has 34 heavy (non-hydrogen) atoms. The Bertz CT molecular complexity index is 1400. The number of carbonyl (C=O) groups excluding carboxylic acids is 1. The molecule has 0 fully saturated rings. The lowest BCUT2D eigenvalue weighted by Crippen LogP contribution is -2.45. The molecular weight excluding hydrogens is 485 g/mol. The summed E-state index contributed by atoms with van der Waals surface area (Å²) in [5.74, 6) is -1.29. The van der Waals surface area contributed by atoms with Gasteiger partial charge in [-0.05, 0) is 68.4 Å². The normalized spacial score (nSPS) is 12.6. The lowest BCUT2D eigenvalue weighted by molar-refractivity contribution is -0.116. The van der Waals surface area contributed by atoms with E-state index in [2.05, 4.69) is 20.0 Å². The highest BCUT2D eigenvalue weighted by Gasteiger charge is 2.29. The predicted molar refractivity (Wildman–Crippen MR) is 126 cm³/mol. The zero-order chi connectivity index (χ0) is 25.1. The second-order valence-electron chi connectivity index (χ2n) is 7.35. The van der Waals surface area contributed by atoms with E-state index in [0.717, 1.165) is 22.7 Å². The van der Waals surface area contributed by atoms with Crippen LogP contribution in [0.1, 0.15) is 12.6 Å². The average Bonchev–Trinajstić information content (AvgIpc) is 2.74. The Morgan fingerprint density at radius 1 is 1.00 bits per heavy atom. The number of sulfonamides is 2. The second-order valence-corrected chi connectivity index (χ2v) is 10.9. The highest BCUT2D eigenvalue weighted by atomic mass is 32.2. The summed E-state index contributed by atoms with van der Waals surface area (Å²) in [5, 5.41) is 2.55. The molecular formula is C21H22FN5O5S2. The second kappa shape index (κ2) is 9.73. The molecule has 1 aromatic heterocycles. The number of halogens is 1. The summed E-state index contributed by atoms with van der Waals surface area (Å²) in [5.41, 5.74) is 0.955. The zero-order valence-corrected chi connectivity index (χ0v) is 20.1. The maximum absolute atomic E-state index is 13.2. The maximum atomic E-state index is 13.2. The fourth-order valence-corrected chi connectivity index (χ4v) is 5.16. The van der Waals surface area contributed by atoms with E-state index in [4.69, 9.17) is 0 Å². The molecule has 1 unspecified atom stereocenters. The molecule has 10 nitrogen and oxygen atoms in total. The molecule has 0 aliphatic rings. The van der Waals surface area contributed by atoms with Crippen LogP contribution in [0.15, 0.2) is 65.7 Å². The van der Waals surface area contributed by atoms with E-state index in [-0.39, 0.29) is 22.2 Å². The molecule has 0 saturated carbocycles. The topological polar surface area (TPSA) is 138 Å². The van der Waals surface area contributed by atoms with Gasteiger partial charge in [-0.25, -0.2) is 35.9 Å². The van der Waals surface area contributed by atoms with Gasteiger partial charge >= 0.3 is 0 Å². The van der Waals surface area contributed by atoms with E-state index in [9.17, 15) is 26.0 Å². The highest BCUT2D eigenvalue weighted by molar-refractivity contribution is 7.92. The van der Waals surface area contributed by atoms with E-state index in [1.54, 1.807) is 13.0 Å². The Morgan fingerprint density at radius 3 is 2.18 bits per heavy atom. The molecule has 0 radical (unpaired) electrons. The van der Waals surface area contributed by atoms with Crippen LogP contribution < -0.4 is 14.3 Å². The Kier molecular flexibility index (Phi) is 7.17. The lowest BCUT2D eigenvalue weighted by atomic mass is 10.2. The van der Waals surface area contributed by atoms with Crippen molar-refractivity contribution in [3.63, 3.8) is 0 Å². The fraction of sp³-hybridized carbons (Fsp3) is 0.190. The molecule has 0 aliphatic heterocycles.